The van der Waals surface area contributed by atoms with Crippen molar-refractivity contribution in [3.05, 3.63) is 47.8 Å². The molecule has 3 aromatic rings. The number of carbonyl (C=O) groups excluding carboxylic acids is 1. The van der Waals surface area contributed by atoms with Crippen molar-refractivity contribution in [3.8, 4) is 0 Å². The topological polar surface area (TPSA) is 96.2 Å². The summed E-state index contributed by atoms with van der Waals surface area (Å²) in [6.07, 6.45) is -3.88. The Morgan fingerprint density at radius 1 is 1.19 bits per heavy atom. The predicted octanol–water partition coefficient (Wildman–Crippen LogP) is 3.83. The number of amides is 1. The van der Waals surface area contributed by atoms with Gasteiger partial charge in [-0.15, -0.1) is 0 Å². The maximum Gasteiger partial charge on any atom is 0.416 e. The minimum absolute atomic E-state index is 0.000184. The Labute approximate surface area is 180 Å². The lowest BCUT2D eigenvalue weighted by Crippen LogP contribution is -2.35. The van der Waals surface area contributed by atoms with E-state index in [2.05, 4.69) is 20.6 Å². The third-order valence-electron chi connectivity index (χ3n) is 5.07. The van der Waals surface area contributed by atoms with Gasteiger partial charge in [-0.3, -0.25) is 4.79 Å². The van der Waals surface area contributed by atoms with Gasteiger partial charge < -0.3 is 21.3 Å². The zero-order chi connectivity index (χ0) is 23.0. The molecule has 2 aromatic carbocycles. The molecule has 1 amide bonds. The molecule has 1 aliphatic rings. The van der Waals surface area contributed by atoms with Gasteiger partial charge in [0.1, 0.15) is 11.6 Å². The highest BCUT2D eigenvalue weighted by Crippen LogP contribution is 2.34. The largest absolute Gasteiger partial charge is 0.416 e. The van der Waals surface area contributed by atoms with Gasteiger partial charge in [-0.05, 0) is 36.8 Å². The van der Waals surface area contributed by atoms with Gasteiger partial charge in [0.05, 0.1) is 11.1 Å². The molecule has 1 unspecified atom stereocenters. The Morgan fingerprint density at radius 2 is 1.97 bits per heavy atom. The molecule has 0 radical (unpaired) electrons. The number of benzene rings is 2. The number of nitrogens with two attached hydrogens (primary N) is 1. The molecule has 168 valence electrons. The standard InChI is InChI=1S/C21H20F4N6O/c1-11(32)27-15-4-5-31(10-15)19-17-3-2-13(22)8-18(17)29-20(30-19)28-16-7-12(21(23,24)25)6-14(26)9-16/h2-3,6-9,15H,4-5,10,26H2,1H3,(H,27,32)(H,28,29,30). The number of nitrogen functional groups attached to an aromatic ring is 1. The fraction of sp³-hybridized carbons (Fsp3) is 0.286. The molecule has 4 rings (SSSR count). The van der Waals surface area contributed by atoms with E-state index in [4.69, 9.17) is 5.73 Å². The number of nitrogens with zero attached hydrogens (tertiary/aromatic N) is 3. The van der Waals surface area contributed by atoms with Crippen LogP contribution >= 0.6 is 0 Å². The minimum Gasteiger partial charge on any atom is -0.399 e. The summed E-state index contributed by atoms with van der Waals surface area (Å²) in [5.41, 5.74) is 4.99. The number of hydrogen-bond acceptors (Lipinski definition) is 6. The van der Waals surface area contributed by atoms with Gasteiger partial charge in [0.2, 0.25) is 11.9 Å². The first-order chi connectivity index (χ1) is 15.1. The number of aromatic nitrogens is 2. The van der Waals surface area contributed by atoms with Crippen LogP contribution in [0.3, 0.4) is 0 Å². The van der Waals surface area contributed by atoms with Crippen molar-refractivity contribution in [2.75, 3.05) is 29.0 Å². The van der Waals surface area contributed by atoms with E-state index in [-0.39, 0.29) is 29.3 Å². The van der Waals surface area contributed by atoms with E-state index in [0.717, 1.165) is 12.1 Å². The maximum atomic E-state index is 13.9. The molecular formula is C21H20F4N6O. The van der Waals surface area contributed by atoms with Crippen LogP contribution in [0.2, 0.25) is 0 Å². The third-order valence-corrected chi connectivity index (χ3v) is 5.07. The summed E-state index contributed by atoms with van der Waals surface area (Å²) >= 11 is 0. The van der Waals surface area contributed by atoms with E-state index in [1.54, 1.807) is 6.07 Å². The Kier molecular flexibility index (Phi) is 5.49. The highest BCUT2D eigenvalue weighted by molar-refractivity contribution is 5.91. The number of alkyl halides is 3. The van der Waals surface area contributed by atoms with Crippen LogP contribution in [-0.4, -0.2) is 35.0 Å². The Hall–Kier alpha value is -3.63. The molecule has 4 N–H and O–H groups in total. The van der Waals surface area contributed by atoms with Crippen molar-refractivity contribution in [1.29, 1.82) is 0 Å². The monoisotopic (exact) mass is 448 g/mol. The number of hydrogen-bond donors (Lipinski definition) is 3. The zero-order valence-electron chi connectivity index (χ0n) is 17.0. The number of carbonyl (C=O) groups is 1. The van der Waals surface area contributed by atoms with Crippen LogP contribution in [0, 0.1) is 5.82 Å². The smallest absolute Gasteiger partial charge is 0.399 e. The number of fused-ring (bicyclic) bond motifs is 1. The van der Waals surface area contributed by atoms with Crippen LogP contribution in [-0.2, 0) is 11.0 Å². The van der Waals surface area contributed by atoms with Crippen LogP contribution in [0.25, 0.3) is 10.9 Å². The van der Waals surface area contributed by atoms with Crippen LogP contribution in [0.5, 0.6) is 0 Å². The second kappa shape index (κ2) is 8.13. The van der Waals surface area contributed by atoms with Gasteiger partial charge in [-0.2, -0.15) is 18.2 Å². The van der Waals surface area contributed by atoms with Gasteiger partial charge in [0.25, 0.3) is 0 Å². The average molecular weight is 448 g/mol. The number of rotatable bonds is 4. The molecule has 0 bridgehead atoms. The second-order valence-electron chi connectivity index (χ2n) is 7.63. The van der Waals surface area contributed by atoms with Gasteiger partial charge in [0.15, 0.2) is 0 Å². The van der Waals surface area contributed by atoms with Crippen molar-refractivity contribution in [3.63, 3.8) is 0 Å². The van der Waals surface area contributed by atoms with Crippen molar-refractivity contribution in [2.24, 2.45) is 0 Å². The first-order valence-electron chi connectivity index (χ1n) is 9.82. The van der Waals surface area contributed by atoms with E-state index >= 15 is 0 Å². The summed E-state index contributed by atoms with van der Waals surface area (Å²) in [7, 11) is 0. The molecule has 2 heterocycles. The summed E-state index contributed by atoms with van der Waals surface area (Å²) in [5, 5.41) is 6.20. The van der Waals surface area contributed by atoms with E-state index < -0.39 is 17.6 Å². The molecule has 1 aromatic heterocycles. The highest BCUT2D eigenvalue weighted by atomic mass is 19.4. The van der Waals surface area contributed by atoms with Crippen LogP contribution in [0.1, 0.15) is 18.9 Å². The second-order valence-corrected chi connectivity index (χ2v) is 7.63. The quantitative estimate of drug-likeness (QED) is 0.415. The summed E-state index contributed by atoms with van der Waals surface area (Å²) < 4.78 is 53.3. The van der Waals surface area contributed by atoms with Crippen LogP contribution in [0.4, 0.5) is 40.7 Å². The minimum atomic E-state index is -4.57. The molecule has 11 heteroatoms. The van der Waals surface area contributed by atoms with E-state index in [1.807, 2.05) is 4.90 Å². The normalized spacial score (nSPS) is 16.4. The number of nitrogens with one attached hydrogen (secondary N) is 2. The summed E-state index contributed by atoms with van der Waals surface area (Å²) in [6.45, 7) is 2.51. The Morgan fingerprint density at radius 3 is 2.69 bits per heavy atom. The van der Waals surface area contributed by atoms with Crippen molar-refractivity contribution in [1.82, 2.24) is 15.3 Å². The lowest BCUT2D eigenvalue weighted by Gasteiger charge is -2.21. The van der Waals surface area contributed by atoms with Gasteiger partial charge in [-0.1, -0.05) is 0 Å². The SMILES string of the molecule is CC(=O)NC1CCN(c2nc(Nc3cc(N)cc(C(F)(F)F)c3)nc3cc(F)ccc23)C1. The molecular weight excluding hydrogens is 428 g/mol. The lowest BCUT2D eigenvalue weighted by atomic mass is 10.1. The molecule has 0 aliphatic carbocycles. The molecule has 0 saturated carbocycles. The predicted molar refractivity (Wildman–Crippen MR) is 113 cm³/mol. The molecule has 1 saturated heterocycles. The van der Waals surface area contributed by atoms with Gasteiger partial charge in [-0.25, -0.2) is 9.37 Å². The average Bonchev–Trinajstić information content (AvgIpc) is 3.13. The van der Waals surface area contributed by atoms with Crippen molar-refractivity contribution < 1.29 is 22.4 Å². The van der Waals surface area contributed by atoms with Gasteiger partial charge in [0, 0.05) is 48.9 Å². The molecule has 1 aliphatic heterocycles. The fourth-order valence-electron chi connectivity index (χ4n) is 3.76. The maximum absolute atomic E-state index is 13.9. The number of anilines is 4. The zero-order valence-corrected chi connectivity index (χ0v) is 17.0. The molecule has 32 heavy (non-hydrogen) atoms. The van der Waals surface area contributed by atoms with E-state index in [9.17, 15) is 22.4 Å². The Bertz CT molecular complexity index is 1180. The molecule has 1 fully saturated rings. The van der Waals surface area contributed by atoms with Crippen LogP contribution < -0.4 is 21.3 Å². The molecule has 0 spiro atoms. The number of halogens is 4. The third kappa shape index (κ3) is 4.66. The first-order valence-corrected chi connectivity index (χ1v) is 9.82. The fourth-order valence-corrected chi connectivity index (χ4v) is 3.76. The first kappa shape index (κ1) is 21.6. The van der Waals surface area contributed by atoms with Gasteiger partial charge >= 0.3 is 6.18 Å². The van der Waals surface area contributed by atoms with E-state index in [0.29, 0.717) is 36.2 Å². The van der Waals surface area contributed by atoms with Crippen LogP contribution in [0.15, 0.2) is 36.4 Å². The molecule has 1 atom stereocenters. The Balaban J connectivity index is 1.72. The summed E-state index contributed by atoms with van der Waals surface area (Å²) in [4.78, 5) is 22.1. The van der Waals surface area contributed by atoms with Crippen molar-refractivity contribution in [2.45, 2.75) is 25.6 Å². The van der Waals surface area contributed by atoms with Crippen molar-refractivity contribution >= 4 is 40.0 Å². The highest BCUT2D eigenvalue weighted by Gasteiger charge is 2.31. The molecule has 7 nitrogen and oxygen atoms in total. The summed E-state index contributed by atoms with van der Waals surface area (Å²) in [6, 6.07) is 7.06. The lowest BCUT2D eigenvalue weighted by molar-refractivity contribution is -0.137. The van der Waals surface area contributed by atoms with E-state index in [1.165, 1.54) is 25.1 Å². The summed E-state index contributed by atoms with van der Waals surface area (Å²) in [5.74, 6) is -0.157.